The van der Waals surface area contributed by atoms with Crippen LogP contribution in [0.2, 0.25) is 20.1 Å². The smallest absolute Gasteiger partial charge is 0.244 e. The Labute approximate surface area is 402 Å². The Morgan fingerprint density at radius 3 is 1.52 bits per heavy atom. The van der Waals surface area contributed by atoms with E-state index in [4.69, 9.17) is 66.9 Å². The summed E-state index contributed by atoms with van der Waals surface area (Å²) in [5, 5.41) is 20.4. The fourth-order valence-corrected chi connectivity index (χ4v) is 8.55. The number of nitrogens with two attached hydrogens (primary N) is 1. The summed E-state index contributed by atoms with van der Waals surface area (Å²) >= 11 is 25.3. The van der Waals surface area contributed by atoms with Gasteiger partial charge in [-0.25, -0.2) is 4.98 Å². The number of anilines is 2. The summed E-state index contributed by atoms with van der Waals surface area (Å²) in [6.45, 7) is 9.53. The van der Waals surface area contributed by atoms with Crippen molar-refractivity contribution in [2.24, 2.45) is 5.73 Å². The van der Waals surface area contributed by atoms with E-state index in [1.807, 2.05) is 78.2 Å². The highest BCUT2D eigenvalue weighted by molar-refractivity contribution is 6.34. The average Bonchev–Trinajstić information content (AvgIpc) is 3.79. The fraction of sp³-hybridized carbons (Fsp3) is 0.326. The lowest BCUT2D eigenvalue weighted by Gasteiger charge is -2.36. The van der Waals surface area contributed by atoms with E-state index in [0.717, 1.165) is 41.4 Å². The maximum absolute atomic E-state index is 13.0. The third-order valence-electron chi connectivity index (χ3n) is 11.5. The maximum atomic E-state index is 13.0. The first-order chi connectivity index (χ1) is 31.8. The van der Waals surface area contributed by atoms with Gasteiger partial charge in [0.1, 0.15) is 47.7 Å². The number of halogens is 4. The first-order valence-electron chi connectivity index (χ1n) is 21.0. The Hall–Kier alpha value is -6.09. The lowest BCUT2D eigenvalue weighted by atomic mass is 10.1. The first kappa shape index (κ1) is 47.9. The third kappa shape index (κ3) is 10.8. The van der Waals surface area contributed by atoms with Crippen molar-refractivity contribution < 1.29 is 19.1 Å². The van der Waals surface area contributed by atoms with Crippen molar-refractivity contribution in [1.29, 1.82) is 5.26 Å². The molecule has 4 aromatic heterocycles. The van der Waals surface area contributed by atoms with Crippen LogP contribution in [-0.2, 0) is 29.2 Å². The molecule has 0 radical (unpaired) electrons. The predicted molar refractivity (Wildman–Crippen MR) is 257 cm³/mol. The summed E-state index contributed by atoms with van der Waals surface area (Å²) in [6.07, 6.45) is 3.22. The number of pyridine rings is 2. The highest BCUT2D eigenvalue weighted by Gasteiger charge is 2.26. The average molecular weight is 975 g/mol. The van der Waals surface area contributed by atoms with Gasteiger partial charge in [-0.2, -0.15) is 15.5 Å². The fourth-order valence-electron chi connectivity index (χ4n) is 7.68. The van der Waals surface area contributed by atoms with E-state index in [1.165, 1.54) is 0 Å². The lowest BCUT2D eigenvalue weighted by molar-refractivity contribution is -0.133. The molecule has 0 aliphatic carbocycles. The molecule has 0 bridgehead atoms. The number of aromatic nitrogens is 6. The van der Waals surface area contributed by atoms with Gasteiger partial charge in [-0.05, 0) is 62.4 Å². The van der Waals surface area contributed by atoms with Gasteiger partial charge in [0.25, 0.3) is 0 Å². The van der Waals surface area contributed by atoms with Gasteiger partial charge >= 0.3 is 0 Å². The third-order valence-corrected chi connectivity index (χ3v) is 13.1. The number of carbonyl (C=O) groups is 2. The van der Waals surface area contributed by atoms with Crippen LogP contribution in [0.4, 0.5) is 11.4 Å². The molecule has 2 amide bonds. The molecule has 0 atom stereocenters. The normalized spacial score (nSPS) is 13.8. The van der Waals surface area contributed by atoms with E-state index < -0.39 is 0 Å². The molecule has 0 unspecified atom stereocenters. The monoisotopic (exact) mass is 972 g/mol. The van der Waals surface area contributed by atoms with Gasteiger partial charge in [-0.15, -0.1) is 0 Å². The van der Waals surface area contributed by atoms with E-state index >= 15 is 0 Å². The molecule has 344 valence electrons. The lowest BCUT2D eigenvalue weighted by Crippen LogP contribution is -2.49. The van der Waals surface area contributed by atoms with Crippen LogP contribution < -0.4 is 25.0 Å². The van der Waals surface area contributed by atoms with Crippen molar-refractivity contribution in [2.75, 3.05) is 76.4 Å². The number of benzene rings is 2. The Bertz CT molecular complexity index is 2760. The van der Waals surface area contributed by atoms with Crippen LogP contribution in [-0.4, -0.2) is 118 Å². The molecule has 8 rings (SSSR count). The van der Waals surface area contributed by atoms with Gasteiger partial charge < -0.3 is 34.8 Å². The Morgan fingerprint density at radius 2 is 1.09 bits per heavy atom. The molecule has 6 heterocycles. The van der Waals surface area contributed by atoms with Crippen molar-refractivity contribution in [2.45, 2.75) is 33.5 Å². The van der Waals surface area contributed by atoms with Crippen LogP contribution in [0.3, 0.4) is 0 Å². The van der Waals surface area contributed by atoms with E-state index in [9.17, 15) is 9.59 Å². The minimum Gasteiger partial charge on any atom is -0.495 e. The van der Waals surface area contributed by atoms with E-state index in [-0.39, 0.29) is 30.6 Å². The molecule has 2 aromatic carbocycles. The number of piperazine rings is 2. The number of methoxy groups -OCH3 is 2. The topological polar surface area (TPSA) is 177 Å². The van der Waals surface area contributed by atoms with Crippen molar-refractivity contribution in [3.63, 3.8) is 0 Å². The Kier molecular flexibility index (Phi) is 15.6. The minimum atomic E-state index is -0.0235. The summed E-state index contributed by atoms with van der Waals surface area (Å²) < 4.78 is 13.9. The molecule has 16 nitrogen and oxygen atoms in total. The summed E-state index contributed by atoms with van der Waals surface area (Å²) in [6, 6.07) is 20.5. The van der Waals surface area contributed by atoms with E-state index in [0.29, 0.717) is 100 Å². The zero-order valence-corrected chi connectivity index (χ0v) is 39.9. The minimum absolute atomic E-state index is 0.00882. The standard InChI is InChI=1S/C23H26Cl2N6O2.C23H22Cl2N6O2/c2*1-15-22(25)23(16-5-6-27-17(11-16)13-26)28-31(15)14-21(32)30-9-7-29(8-10-30)18-3-4-19(24)20(12-18)33-2/h3-6,11-12H,7-10,13-14,26H2,1-2H3;3-6,11-12H,7-10,14H2,1-2H3. The molecule has 66 heavy (non-hydrogen) atoms. The Morgan fingerprint density at radius 1 is 0.652 bits per heavy atom. The molecular formula is C46H48Cl4N12O4. The molecule has 2 aliphatic heterocycles. The SMILES string of the molecule is COc1cc(N2CCN(C(=O)Cn3nc(-c4ccnc(C#N)c4)c(Cl)c3C)CC2)ccc1Cl.COc1cc(N2CCN(C(=O)Cn3nc(-c4ccnc(CN)c4)c(Cl)c3C)CC2)ccc1Cl. The molecule has 2 N–H and O–H groups in total. The van der Waals surface area contributed by atoms with E-state index in [2.05, 4.69) is 30.0 Å². The number of hydrogen-bond acceptors (Lipinski definition) is 12. The summed E-state index contributed by atoms with van der Waals surface area (Å²) in [4.78, 5) is 42.3. The second-order valence-electron chi connectivity index (χ2n) is 15.5. The molecule has 6 aromatic rings. The number of ether oxygens (including phenoxy) is 2. The van der Waals surface area contributed by atoms with Crippen LogP contribution in [0.1, 0.15) is 22.8 Å². The predicted octanol–water partition coefficient (Wildman–Crippen LogP) is 7.17. The van der Waals surface area contributed by atoms with Crippen molar-refractivity contribution in [3.8, 4) is 40.1 Å². The maximum Gasteiger partial charge on any atom is 0.244 e. The molecule has 2 aliphatic rings. The number of rotatable bonds is 11. The summed E-state index contributed by atoms with van der Waals surface area (Å²) in [5.41, 5.74) is 12.9. The molecule has 0 saturated carbocycles. The second kappa shape index (κ2) is 21.5. The number of hydrogen-bond donors (Lipinski definition) is 1. The van der Waals surface area contributed by atoms with E-state index in [1.54, 1.807) is 48.1 Å². The van der Waals surface area contributed by atoms with Gasteiger partial charge in [0.2, 0.25) is 11.8 Å². The number of carbonyl (C=O) groups excluding carboxylic acids is 2. The van der Waals surface area contributed by atoms with Crippen LogP contribution >= 0.6 is 46.4 Å². The molecule has 20 heteroatoms. The van der Waals surface area contributed by atoms with Gasteiger partial charge in [0, 0.05) is 106 Å². The van der Waals surface area contributed by atoms with Gasteiger partial charge in [-0.3, -0.25) is 23.9 Å². The van der Waals surface area contributed by atoms with Crippen LogP contribution in [0.15, 0.2) is 73.1 Å². The first-order valence-corrected chi connectivity index (χ1v) is 22.5. The van der Waals surface area contributed by atoms with Gasteiger partial charge in [0.05, 0.1) is 51.4 Å². The van der Waals surface area contributed by atoms with Crippen LogP contribution in [0, 0.1) is 25.2 Å². The molecular weight excluding hydrogens is 926 g/mol. The van der Waals surface area contributed by atoms with Gasteiger partial charge in [-0.1, -0.05) is 46.4 Å². The molecule has 2 fully saturated rings. The number of nitrogens with zero attached hydrogens (tertiary/aromatic N) is 11. The van der Waals surface area contributed by atoms with Crippen LogP contribution in [0.5, 0.6) is 11.5 Å². The van der Waals surface area contributed by atoms with Crippen molar-refractivity contribution >= 4 is 69.6 Å². The zero-order valence-electron chi connectivity index (χ0n) is 36.8. The summed E-state index contributed by atoms with van der Waals surface area (Å²) in [5.74, 6) is 1.26. The van der Waals surface area contributed by atoms with Gasteiger partial charge in [0.15, 0.2) is 0 Å². The quantitative estimate of drug-likeness (QED) is 0.139. The summed E-state index contributed by atoms with van der Waals surface area (Å²) in [7, 11) is 3.19. The molecule has 2 saturated heterocycles. The van der Waals surface area contributed by atoms with Crippen LogP contribution in [0.25, 0.3) is 22.5 Å². The number of amides is 2. The highest BCUT2D eigenvalue weighted by atomic mass is 35.5. The Balaban J connectivity index is 0.000000196. The van der Waals surface area contributed by atoms with Crippen molar-refractivity contribution in [3.05, 3.63) is 116 Å². The second-order valence-corrected chi connectivity index (χ2v) is 17.0. The number of nitriles is 1. The zero-order chi connectivity index (χ0) is 47.1. The van der Waals surface area contributed by atoms with Crippen molar-refractivity contribution in [1.82, 2.24) is 39.3 Å². The largest absolute Gasteiger partial charge is 0.495 e. The molecule has 0 spiro atoms. The highest BCUT2D eigenvalue weighted by Crippen LogP contribution is 2.33.